The van der Waals surface area contributed by atoms with E-state index in [9.17, 15) is 0 Å². The van der Waals surface area contributed by atoms with Crippen molar-refractivity contribution in [2.45, 2.75) is 60.3 Å². The summed E-state index contributed by atoms with van der Waals surface area (Å²) >= 11 is 0. The molecule has 3 unspecified atom stereocenters. The van der Waals surface area contributed by atoms with E-state index in [0.717, 1.165) is 25.0 Å². The van der Waals surface area contributed by atoms with Crippen LogP contribution in [-0.4, -0.2) is 27.4 Å². The first-order valence-electron chi connectivity index (χ1n) is 8.75. The van der Waals surface area contributed by atoms with Crippen molar-refractivity contribution < 1.29 is 9.47 Å². The number of hydrogen-bond donors (Lipinski definition) is 0. The second-order valence-electron chi connectivity index (χ2n) is 8.82. The largest absolute Gasteiger partial charge is 0.384 e. The van der Waals surface area contributed by atoms with Crippen LogP contribution in [0.15, 0.2) is 0 Å². The molecule has 2 heteroatoms. The molecule has 2 bridgehead atoms. The molecule has 3 atom stereocenters. The van der Waals surface area contributed by atoms with Crippen LogP contribution in [-0.2, 0) is 9.47 Å². The Morgan fingerprint density at radius 3 is 2.05 bits per heavy atom. The highest BCUT2D eigenvalue weighted by Gasteiger charge is 2.71. The van der Waals surface area contributed by atoms with Gasteiger partial charge in [-0.3, -0.25) is 0 Å². The van der Waals surface area contributed by atoms with Crippen molar-refractivity contribution in [3.05, 3.63) is 0 Å². The van der Waals surface area contributed by atoms with Crippen molar-refractivity contribution in [2.75, 3.05) is 27.4 Å². The molecule has 3 aliphatic rings. The van der Waals surface area contributed by atoms with E-state index in [1.54, 1.807) is 0 Å². The lowest BCUT2D eigenvalue weighted by atomic mass is 9.30. The summed E-state index contributed by atoms with van der Waals surface area (Å²) in [6.45, 7) is 13.9. The zero-order valence-electron chi connectivity index (χ0n) is 15.3. The standard InChI is InChI=1S/C19H36O2/c1-14(2)10-18(12-20-6,13-21-7)19-11-16(17(19,4)5)9-8-15(19)3/h14-16H,8-13H2,1-7H3. The summed E-state index contributed by atoms with van der Waals surface area (Å²) in [5, 5.41) is 0. The second-order valence-corrected chi connectivity index (χ2v) is 8.82. The van der Waals surface area contributed by atoms with E-state index in [0.29, 0.717) is 16.7 Å². The minimum atomic E-state index is 0.157. The van der Waals surface area contributed by atoms with E-state index in [4.69, 9.17) is 9.47 Å². The summed E-state index contributed by atoms with van der Waals surface area (Å²) in [6, 6.07) is 0. The van der Waals surface area contributed by atoms with E-state index in [-0.39, 0.29) is 5.41 Å². The Labute approximate surface area is 132 Å². The number of hydrogen-bond acceptors (Lipinski definition) is 2. The Bertz CT molecular complexity index is 355. The number of ether oxygens (including phenoxy) is 2. The zero-order chi connectivity index (χ0) is 15.9. The maximum absolute atomic E-state index is 5.77. The summed E-state index contributed by atoms with van der Waals surface area (Å²) < 4.78 is 11.5. The van der Waals surface area contributed by atoms with Crippen LogP contribution in [0.4, 0.5) is 0 Å². The Morgan fingerprint density at radius 2 is 1.67 bits per heavy atom. The fourth-order valence-corrected chi connectivity index (χ4v) is 6.49. The van der Waals surface area contributed by atoms with Gasteiger partial charge in [0.05, 0.1) is 13.2 Å². The van der Waals surface area contributed by atoms with Gasteiger partial charge in [0.1, 0.15) is 0 Å². The van der Waals surface area contributed by atoms with Crippen molar-refractivity contribution in [1.82, 2.24) is 0 Å². The summed E-state index contributed by atoms with van der Waals surface area (Å²) in [6.07, 6.45) is 5.37. The highest BCUT2D eigenvalue weighted by Crippen LogP contribution is 2.76. The van der Waals surface area contributed by atoms with E-state index in [1.165, 1.54) is 25.7 Å². The molecule has 0 saturated heterocycles. The molecule has 0 spiro atoms. The third-order valence-corrected chi connectivity index (χ3v) is 7.11. The first-order valence-corrected chi connectivity index (χ1v) is 8.75. The lowest BCUT2D eigenvalue weighted by Crippen LogP contribution is -2.71. The summed E-state index contributed by atoms with van der Waals surface area (Å²) in [5.41, 5.74) is 0.945. The van der Waals surface area contributed by atoms with Gasteiger partial charge in [0.2, 0.25) is 0 Å². The summed E-state index contributed by atoms with van der Waals surface area (Å²) in [7, 11) is 3.72. The third-order valence-electron chi connectivity index (χ3n) is 7.11. The molecule has 3 rings (SSSR count). The predicted octanol–water partition coefficient (Wildman–Crippen LogP) is 4.77. The van der Waals surface area contributed by atoms with Crippen LogP contribution in [0.1, 0.15) is 60.3 Å². The van der Waals surface area contributed by atoms with E-state index < -0.39 is 0 Å². The second kappa shape index (κ2) is 5.85. The van der Waals surface area contributed by atoms with Gasteiger partial charge < -0.3 is 9.47 Å². The molecule has 124 valence electrons. The number of methoxy groups -OCH3 is 2. The summed E-state index contributed by atoms with van der Waals surface area (Å²) in [5.74, 6) is 2.34. The highest BCUT2D eigenvalue weighted by atomic mass is 16.5. The van der Waals surface area contributed by atoms with E-state index in [1.807, 2.05) is 14.2 Å². The van der Waals surface area contributed by atoms with Gasteiger partial charge in [0.15, 0.2) is 0 Å². The molecule has 21 heavy (non-hydrogen) atoms. The molecule has 3 fully saturated rings. The van der Waals surface area contributed by atoms with Crippen LogP contribution >= 0.6 is 0 Å². The average molecular weight is 296 g/mol. The Balaban J connectivity index is 2.47. The van der Waals surface area contributed by atoms with Gasteiger partial charge in [0, 0.05) is 19.6 Å². The molecule has 0 aliphatic heterocycles. The van der Waals surface area contributed by atoms with Gasteiger partial charge in [-0.2, -0.15) is 0 Å². The maximum Gasteiger partial charge on any atom is 0.0546 e. The van der Waals surface area contributed by atoms with Gasteiger partial charge >= 0.3 is 0 Å². The molecule has 0 amide bonds. The van der Waals surface area contributed by atoms with Crippen molar-refractivity contribution >= 4 is 0 Å². The molecule has 0 radical (unpaired) electrons. The minimum absolute atomic E-state index is 0.157. The molecule has 0 N–H and O–H groups in total. The van der Waals surface area contributed by atoms with Crippen molar-refractivity contribution in [3.8, 4) is 0 Å². The zero-order valence-corrected chi connectivity index (χ0v) is 15.3. The fraction of sp³-hybridized carbons (Fsp3) is 1.00. The van der Waals surface area contributed by atoms with Crippen LogP contribution in [0.5, 0.6) is 0 Å². The minimum Gasteiger partial charge on any atom is -0.384 e. The van der Waals surface area contributed by atoms with Crippen molar-refractivity contribution in [3.63, 3.8) is 0 Å². The van der Waals surface area contributed by atoms with Crippen LogP contribution in [0.3, 0.4) is 0 Å². The Hall–Kier alpha value is -0.0800. The monoisotopic (exact) mass is 296 g/mol. The smallest absolute Gasteiger partial charge is 0.0546 e. The summed E-state index contributed by atoms with van der Waals surface area (Å²) in [4.78, 5) is 0. The lowest BCUT2D eigenvalue weighted by Gasteiger charge is -2.75. The van der Waals surface area contributed by atoms with Crippen LogP contribution in [0, 0.1) is 34.0 Å². The fourth-order valence-electron chi connectivity index (χ4n) is 6.49. The third kappa shape index (κ3) is 2.28. The van der Waals surface area contributed by atoms with Crippen LogP contribution in [0.25, 0.3) is 0 Å². The average Bonchev–Trinajstić information content (AvgIpc) is 2.37. The normalized spacial score (nSPS) is 34.9. The number of rotatable bonds is 7. The van der Waals surface area contributed by atoms with Gasteiger partial charge in [-0.15, -0.1) is 0 Å². The van der Waals surface area contributed by atoms with Gasteiger partial charge in [-0.05, 0) is 54.3 Å². The quantitative estimate of drug-likeness (QED) is 0.673. The highest BCUT2D eigenvalue weighted by molar-refractivity contribution is 5.19. The molecule has 3 aliphatic carbocycles. The van der Waals surface area contributed by atoms with Crippen LogP contribution < -0.4 is 0 Å². The first-order chi connectivity index (χ1) is 9.77. The Kier molecular flexibility index (Phi) is 4.81. The lowest BCUT2D eigenvalue weighted by molar-refractivity contribution is -0.288. The van der Waals surface area contributed by atoms with Crippen molar-refractivity contribution in [2.24, 2.45) is 34.0 Å². The van der Waals surface area contributed by atoms with Crippen LogP contribution in [0.2, 0.25) is 0 Å². The number of fused-ring (bicyclic) bond motifs is 2. The SMILES string of the molecule is COCC(COC)(CC(C)C)C12CC(CCC1C)C2(C)C. The van der Waals surface area contributed by atoms with E-state index in [2.05, 4.69) is 34.6 Å². The topological polar surface area (TPSA) is 18.5 Å². The molecule has 0 aromatic heterocycles. The molecule has 0 heterocycles. The first kappa shape index (κ1) is 17.3. The van der Waals surface area contributed by atoms with E-state index >= 15 is 0 Å². The van der Waals surface area contributed by atoms with Gasteiger partial charge in [-0.25, -0.2) is 0 Å². The molecule has 0 aromatic rings. The molecular formula is C19H36O2. The Morgan fingerprint density at radius 1 is 1.10 bits per heavy atom. The predicted molar refractivity (Wildman–Crippen MR) is 88.4 cm³/mol. The molecular weight excluding hydrogens is 260 g/mol. The van der Waals surface area contributed by atoms with Gasteiger partial charge in [-0.1, -0.05) is 34.6 Å². The maximum atomic E-state index is 5.77. The molecule has 0 aromatic carbocycles. The van der Waals surface area contributed by atoms with Crippen molar-refractivity contribution in [1.29, 1.82) is 0 Å². The molecule has 3 saturated carbocycles. The van der Waals surface area contributed by atoms with Gasteiger partial charge in [0.25, 0.3) is 0 Å². The molecule has 2 nitrogen and oxygen atoms in total.